The Labute approximate surface area is 93.6 Å². The van der Waals surface area contributed by atoms with Gasteiger partial charge in [0.05, 0.1) is 6.04 Å². The molecule has 15 heavy (non-hydrogen) atoms. The summed E-state index contributed by atoms with van der Waals surface area (Å²) in [7, 11) is 0. The van der Waals surface area contributed by atoms with E-state index in [0.717, 1.165) is 38.5 Å². The number of rotatable bonds is 9. The van der Waals surface area contributed by atoms with Gasteiger partial charge < -0.3 is 11.5 Å². The van der Waals surface area contributed by atoms with Crippen molar-refractivity contribution in [2.24, 2.45) is 17.4 Å². The molecule has 2 atom stereocenters. The van der Waals surface area contributed by atoms with Gasteiger partial charge in [0.15, 0.2) is 5.78 Å². The van der Waals surface area contributed by atoms with Crippen LogP contribution in [0.15, 0.2) is 0 Å². The lowest BCUT2D eigenvalue weighted by molar-refractivity contribution is -0.124. The summed E-state index contributed by atoms with van der Waals surface area (Å²) >= 11 is 0. The van der Waals surface area contributed by atoms with Gasteiger partial charge in [-0.1, -0.05) is 26.7 Å². The zero-order valence-corrected chi connectivity index (χ0v) is 10.2. The fraction of sp³-hybridized carbons (Fsp3) is 0.917. The molecule has 0 heterocycles. The van der Waals surface area contributed by atoms with E-state index in [1.165, 1.54) is 0 Å². The van der Waals surface area contributed by atoms with Crippen molar-refractivity contribution in [1.82, 2.24) is 0 Å². The van der Waals surface area contributed by atoms with E-state index in [1.54, 1.807) is 0 Å². The molecule has 0 amide bonds. The summed E-state index contributed by atoms with van der Waals surface area (Å²) in [6.45, 7) is 4.85. The van der Waals surface area contributed by atoms with E-state index in [9.17, 15) is 4.79 Å². The largest absolute Gasteiger partial charge is 0.330 e. The van der Waals surface area contributed by atoms with E-state index in [4.69, 9.17) is 11.5 Å². The molecule has 0 bridgehead atoms. The lowest BCUT2D eigenvalue weighted by atomic mass is 9.90. The molecule has 0 rings (SSSR count). The quantitative estimate of drug-likeness (QED) is 0.575. The van der Waals surface area contributed by atoms with Crippen molar-refractivity contribution in [3.05, 3.63) is 0 Å². The Balaban J connectivity index is 3.93. The second-order valence-electron chi connectivity index (χ2n) is 4.19. The molecule has 0 saturated heterocycles. The summed E-state index contributed by atoms with van der Waals surface area (Å²) in [4.78, 5) is 11.9. The maximum atomic E-state index is 11.9. The molecule has 3 nitrogen and oxygen atoms in total. The number of carbonyl (C=O) groups is 1. The molecule has 3 heteroatoms. The molecule has 0 aromatic rings. The summed E-state index contributed by atoms with van der Waals surface area (Å²) in [5.74, 6) is 0.416. The third-order valence-corrected chi connectivity index (χ3v) is 2.87. The minimum atomic E-state index is -0.270. The smallest absolute Gasteiger partial charge is 0.152 e. The monoisotopic (exact) mass is 214 g/mol. The Kier molecular flexibility index (Phi) is 8.62. The number of ketones is 1. The Morgan fingerprint density at radius 2 is 1.87 bits per heavy atom. The third kappa shape index (κ3) is 5.90. The second-order valence-corrected chi connectivity index (χ2v) is 4.19. The molecule has 90 valence electrons. The molecule has 1 unspecified atom stereocenters. The van der Waals surface area contributed by atoms with Crippen molar-refractivity contribution in [3.8, 4) is 0 Å². The van der Waals surface area contributed by atoms with Crippen LogP contribution >= 0.6 is 0 Å². The summed E-state index contributed by atoms with van der Waals surface area (Å²) < 4.78 is 0. The maximum Gasteiger partial charge on any atom is 0.152 e. The molecule has 4 N–H and O–H groups in total. The van der Waals surface area contributed by atoms with Crippen molar-refractivity contribution in [1.29, 1.82) is 0 Å². The minimum absolute atomic E-state index is 0.169. The Morgan fingerprint density at radius 3 is 2.33 bits per heavy atom. The highest BCUT2D eigenvalue weighted by Gasteiger charge is 2.21. The topological polar surface area (TPSA) is 69.1 Å². The molecule has 0 saturated carbocycles. The van der Waals surface area contributed by atoms with Crippen molar-refractivity contribution in [3.63, 3.8) is 0 Å². The van der Waals surface area contributed by atoms with Crippen molar-refractivity contribution in [2.45, 2.75) is 58.4 Å². The number of unbranched alkanes of at least 4 members (excludes halogenated alkanes) is 1. The zero-order valence-electron chi connectivity index (χ0n) is 10.2. The van der Waals surface area contributed by atoms with Crippen molar-refractivity contribution in [2.75, 3.05) is 6.54 Å². The van der Waals surface area contributed by atoms with Gasteiger partial charge in [-0.15, -0.1) is 0 Å². The molecule has 0 aromatic carbocycles. The predicted molar refractivity (Wildman–Crippen MR) is 64.6 cm³/mol. The molecule has 0 aliphatic rings. The lowest BCUT2D eigenvalue weighted by Crippen LogP contribution is -2.35. The highest BCUT2D eigenvalue weighted by atomic mass is 16.1. The fourth-order valence-corrected chi connectivity index (χ4v) is 1.85. The molecule has 0 radical (unpaired) electrons. The summed E-state index contributed by atoms with van der Waals surface area (Å²) in [5.41, 5.74) is 11.3. The first-order chi connectivity index (χ1) is 7.17. The van der Waals surface area contributed by atoms with Crippen LogP contribution in [0.25, 0.3) is 0 Å². The molecular weight excluding hydrogens is 188 g/mol. The van der Waals surface area contributed by atoms with Crippen LogP contribution < -0.4 is 11.5 Å². The van der Waals surface area contributed by atoms with E-state index in [1.807, 2.05) is 0 Å². The van der Waals surface area contributed by atoms with Crippen molar-refractivity contribution >= 4 is 5.78 Å². The Bertz CT molecular complexity index is 171. The Hall–Kier alpha value is -0.410. The summed E-state index contributed by atoms with van der Waals surface area (Å²) in [6, 6.07) is -0.270. The van der Waals surface area contributed by atoms with Crippen LogP contribution in [0.2, 0.25) is 0 Å². The van der Waals surface area contributed by atoms with Crippen LogP contribution in [-0.4, -0.2) is 18.4 Å². The minimum Gasteiger partial charge on any atom is -0.330 e. The van der Waals surface area contributed by atoms with Crippen LogP contribution in [0.5, 0.6) is 0 Å². The van der Waals surface area contributed by atoms with Crippen molar-refractivity contribution < 1.29 is 4.79 Å². The zero-order chi connectivity index (χ0) is 11.7. The van der Waals surface area contributed by atoms with E-state index in [-0.39, 0.29) is 17.7 Å². The van der Waals surface area contributed by atoms with Crippen LogP contribution in [-0.2, 0) is 4.79 Å². The highest BCUT2D eigenvalue weighted by Crippen LogP contribution is 2.15. The van der Waals surface area contributed by atoms with Crippen LogP contribution in [0.4, 0.5) is 0 Å². The van der Waals surface area contributed by atoms with Crippen LogP contribution in [0, 0.1) is 5.92 Å². The van der Waals surface area contributed by atoms with Gasteiger partial charge in [-0.2, -0.15) is 0 Å². The van der Waals surface area contributed by atoms with E-state index in [0.29, 0.717) is 6.54 Å². The first kappa shape index (κ1) is 14.6. The highest BCUT2D eigenvalue weighted by molar-refractivity contribution is 5.85. The van der Waals surface area contributed by atoms with Gasteiger partial charge in [-0.05, 0) is 32.2 Å². The van der Waals surface area contributed by atoms with Crippen LogP contribution in [0.3, 0.4) is 0 Å². The fourth-order valence-electron chi connectivity index (χ4n) is 1.85. The summed E-state index contributed by atoms with van der Waals surface area (Å²) in [6.07, 6.45) is 5.66. The van der Waals surface area contributed by atoms with Gasteiger partial charge in [0, 0.05) is 5.92 Å². The normalized spacial score (nSPS) is 14.9. The number of carbonyl (C=O) groups excluding carboxylic acids is 1. The SMILES string of the molecule is CCCC(CC)C(=O)[C@@H](N)CCCCN. The van der Waals surface area contributed by atoms with Gasteiger partial charge >= 0.3 is 0 Å². The molecule has 0 fully saturated rings. The first-order valence-electron chi connectivity index (χ1n) is 6.16. The van der Waals surface area contributed by atoms with Gasteiger partial charge in [0.2, 0.25) is 0 Å². The van der Waals surface area contributed by atoms with Gasteiger partial charge in [-0.25, -0.2) is 0 Å². The third-order valence-electron chi connectivity index (χ3n) is 2.87. The maximum absolute atomic E-state index is 11.9. The molecule has 0 aliphatic carbocycles. The number of hydrogen-bond acceptors (Lipinski definition) is 3. The lowest BCUT2D eigenvalue weighted by Gasteiger charge is -2.17. The van der Waals surface area contributed by atoms with E-state index < -0.39 is 0 Å². The molecule has 0 aliphatic heterocycles. The van der Waals surface area contributed by atoms with Gasteiger partial charge in [0.25, 0.3) is 0 Å². The van der Waals surface area contributed by atoms with Gasteiger partial charge in [0.1, 0.15) is 0 Å². The number of nitrogens with two attached hydrogens (primary N) is 2. The second kappa shape index (κ2) is 8.86. The Morgan fingerprint density at radius 1 is 1.20 bits per heavy atom. The predicted octanol–water partition coefficient (Wildman–Crippen LogP) is 1.84. The van der Waals surface area contributed by atoms with E-state index in [2.05, 4.69) is 13.8 Å². The van der Waals surface area contributed by atoms with E-state index >= 15 is 0 Å². The molecule has 0 spiro atoms. The number of hydrogen-bond donors (Lipinski definition) is 2. The standard InChI is InChI=1S/C12H26N2O/c1-3-7-10(4-2)12(15)11(14)8-5-6-9-13/h10-11H,3-9,13-14H2,1-2H3/t10?,11-/m0/s1. The average Bonchev–Trinajstić information content (AvgIpc) is 2.25. The summed E-state index contributed by atoms with van der Waals surface area (Å²) in [5, 5.41) is 0. The molecular formula is C12H26N2O. The molecule has 0 aromatic heterocycles. The van der Waals surface area contributed by atoms with Gasteiger partial charge in [-0.3, -0.25) is 4.79 Å². The van der Waals surface area contributed by atoms with Crippen LogP contribution in [0.1, 0.15) is 52.4 Å². The number of Topliss-reactive ketones (excluding diaryl/α,β-unsaturated/α-hetero) is 1. The first-order valence-corrected chi connectivity index (χ1v) is 6.16. The average molecular weight is 214 g/mol.